The molecule has 1 aromatic carbocycles. The molecule has 0 aliphatic carbocycles. The molecular formula is C15H26IN5O3S. The Morgan fingerprint density at radius 1 is 1.24 bits per heavy atom. The number of carbonyl (C=O) groups is 1. The number of primary sulfonamides is 1. The molecule has 1 aromatic rings. The van der Waals surface area contributed by atoms with Crippen molar-refractivity contribution in [2.45, 2.75) is 31.3 Å². The van der Waals surface area contributed by atoms with Crippen LogP contribution in [0.25, 0.3) is 0 Å². The number of rotatable bonds is 6. The number of likely N-dealkylation sites (N-methyl/N-ethyl adjacent to an activating group) is 1. The summed E-state index contributed by atoms with van der Waals surface area (Å²) in [5.74, 6) is 0.446. The average Bonchev–Trinajstić information content (AvgIpc) is 2.48. The van der Waals surface area contributed by atoms with E-state index in [0.29, 0.717) is 12.5 Å². The van der Waals surface area contributed by atoms with E-state index in [-0.39, 0.29) is 47.4 Å². The van der Waals surface area contributed by atoms with E-state index >= 15 is 0 Å². The van der Waals surface area contributed by atoms with Crippen LogP contribution < -0.4 is 15.8 Å². The van der Waals surface area contributed by atoms with Gasteiger partial charge in [-0.3, -0.25) is 4.79 Å². The molecule has 25 heavy (non-hydrogen) atoms. The van der Waals surface area contributed by atoms with Gasteiger partial charge < -0.3 is 15.5 Å². The van der Waals surface area contributed by atoms with Crippen molar-refractivity contribution in [3.8, 4) is 0 Å². The maximum atomic E-state index is 11.7. The van der Waals surface area contributed by atoms with Gasteiger partial charge in [-0.05, 0) is 31.5 Å². The summed E-state index contributed by atoms with van der Waals surface area (Å²) in [6.45, 7) is 4.40. The van der Waals surface area contributed by atoms with E-state index < -0.39 is 10.0 Å². The summed E-state index contributed by atoms with van der Waals surface area (Å²) in [6, 6.07) is 6.34. The van der Waals surface area contributed by atoms with Gasteiger partial charge in [0.2, 0.25) is 15.9 Å². The Balaban J connectivity index is 0.00000576. The van der Waals surface area contributed by atoms with Crippen molar-refractivity contribution in [2.24, 2.45) is 10.1 Å². The predicted molar refractivity (Wildman–Crippen MR) is 109 cm³/mol. The largest absolute Gasteiger partial charge is 0.354 e. The molecule has 0 saturated carbocycles. The van der Waals surface area contributed by atoms with Gasteiger partial charge in [-0.15, -0.1) is 24.0 Å². The third-order valence-corrected chi connectivity index (χ3v) is 3.93. The average molecular weight is 483 g/mol. The highest BCUT2D eigenvalue weighted by Gasteiger charge is 2.08. The highest BCUT2D eigenvalue weighted by Crippen LogP contribution is 2.09. The van der Waals surface area contributed by atoms with E-state index in [2.05, 4.69) is 15.6 Å². The van der Waals surface area contributed by atoms with E-state index in [1.807, 2.05) is 13.8 Å². The Kier molecular flexibility index (Phi) is 9.97. The normalized spacial score (nSPS) is 11.7. The van der Waals surface area contributed by atoms with E-state index in [0.717, 1.165) is 5.56 Å². The van der Waals surface area contributed by atoms with Crippen LogP contribution in [0, 0.1) is 0 Å². The highest BCUT2D eigenvalue weighted by atomic mass is 127. The van der Waals surface area contributed by atoms with Gasteiger partial charge >= 0.3 is 0 Å². The van der Waals surface area contributed by atoms with Crippen molar-refractivity contribution < 1.29 is 13.2 Å². The van der Waals surface area contributed by atoms with Crippen molar-refractivity contribution in [1.29, 1.82) is 0 Å². The molecule has 0 saturated heterocycles. The lowest BCUT2D eigenvalue weighted by Gasteiger charge is -2.16. The molecule has 0 heterocycles. The molecule has 1 amide bonds. The molecule has 0 aromatic heterocycles. The van der Waals surface area contributed by atoms with Crippen LogP contribution in [0.3, 0.4) is 0 Å². The minimum Gasteiger partial charge on any atom is -0.354 e. The highest BCUT2D eigenvalue weighted by molar-refractivity contribution is 14.0. The molecule has 4 N–H and O–H groups in total. The second-order valence-electron chi connectivity index (χ2n) is 5.79. The molecule has 8 nitrogen and oxygen atoms in total. The Morgan fingerprint density at radius 3 is 2.24 bits per heavy atom. The number of amides is 1. The second-order valence-corrected chi connectivity index (χ2v) is 7.36. The number of nitrogens with one attached hydrogen (secondary N) is 2. The maximum absolute atomic E-state index is 11.7. The van der Waals surface area contributed by atoms with Crippen LogP contribution in [-0.4, -0.2) is 51.9 Å². The van der Waals surface area contributed by atoms with Gasteiger partial charge in [0.15, 0.2) is 5.96 Å². The number of nitrogens with zero attached hydrogens (tertiary/aromatic N) is 2. The monoisotopic (exact) mass is 483 g/mol. The number of sulfonamides is 1. The fraction of sp³-hybridized carbons (Fsp3) is 0.467. The lowest BCUT2D eigenvalue weighted by atomic mass is 10.2. The summed E-state index contributed by atoms with van der Waals surface area (Å²) in [7, 11) is -0.327. The number of hydrogen-bond donors (Lipinski definition) is 3. The quantitative estimate of drug-likeness (QED) is 0.309. The van der Waals surface area contributed by atoms with Gasteiger partial charge in [0.05, 0.1) is 18.0 Å². The summed E-state index contributed by atoms with van der Waals surface area (Å²) in [5.41, 5.74) is 0.825. The van der Waals surface area contributed by atoms with Crippen LogP contribution in [-0.2, 0) is 21.4 Å². The Labute approximate surface area is 166 Å². The van der Waals surface area contributed by atoms with E-state index in [4.69, 9.17) is 5.14 Å². The minimum absolute atomic E-state index is 0. The van der Waals surface area contributed by atoms with Crippen molar-refractivity contribution >= 4 is 45.9 Å². The first-order chi connectivity index (χ1) is 11.1. The number of carbonyl (C=O) groups excluding carboxylic acids is 1. The fourth-order valence-electron chi connectivity index (χ4n) is 1.70. The molecule has 0 unspecified atom stereocenters. The van der Waals surface area contributed by atoms with Gasteiger partial charge in [-0.25, -0.2) is 18.5 Å². The molecule has 10 heteroatoms. The Morgan fingerprint density at radius 2 is 1.80 bits per heavy atom. The molecule has 0 aliphatic rings. The molecule has 1 rings (SSSR count). The lowest BCUT2D eigenvalue weighted by Crippen LogP contribution is -2.45. The maximum Gasteiger partial charge on any atom is 0.241 e. The van der Waals surface area contributed by atoms with Gasteiger partial charge in [-0.2, -0.15) is 0 Å². The van der Waals surface area contributed by atoms with Crippen molar-refractivity contribution in [2.75, 3.05) is 20.6 Å². The molecule has 0 atom stereocenters. The molecule has 142 valence electrons. The van der Waals surface area contributed by atoms with E-state index in [1.54, 1.807) is 26.2 Å². The van der Waals surface area contributed by atoms with Crippen LogP contribution in [0.5, 0.6) is 0 Å². The summed E-state index contributed by atoms with van der Waals surface area (Å²) in [5, 5.41) is 11.2. The Hall–Kier alpha value is -1.40. The zero-order valence-corrected chi connectivity index (χ0v) is 18.0. The number of halogens is 1. The fourth-order valence-corrected chi connectivity index (χ4v) is 2.21. The third kappa shape index (κ3) is 9.02. The zero-order chi connectivity index (χ0) is 18.3. The van der Waals surface area contributed by atoms with Crippen LogP contribution in [0.2, 0.25) is 0 Å². The van der Waals surface area contributed by atoms with Crippen molar-refractivity contribution in [1.82, 2.24) is 15.5 Å². The number of nitrogens with two attached hydrogens (primary N) is 1. The smallest absolute Gasteiger partial charge is 0.241 e. The van der Waals surface area contributed by atoms with Crippen LogP contribution in [0.4, 0.5) is 0 Å². The molecule has 0 fully saturated rings. The number of guanidine groups is 1. The van der Waals surface area contributed by atoms with Crippen LogP contribution in [0.15, 0.2) is 34.2 Å². The summed E-state index contributed by atoms with van der Waals surface area (Å²) < 4.78 is 22.5. The number of aliphatic imine (C=N–C) groups is 1. The van der Waals surface area contributed by atoms with Gasteiger partial charge in [-0.1, -0.05) is 12.1 Å². The second kappa shape index (κ2) is 10.6. The minimum atomic E-state index is -3.70. The first-order valence-corrected chi connectivity index (χ1v) is 9.01. The summed E-state index contributed by atoms with van der Waals surface area (Å²) in [4.78, 5) is 17.6. The number of hydrogen-bond acceptors (Lipinski definition) is 4. The first kappa shape index (κ1) is 23.6. The van der Waals surface area contributed by atoms with Crippen molar-refractivity contribution in [3.63, 3.8) is 0 Å². The molecule has 0 spiro atoms. The van der Waals surface area contributed by atoms with E-state index in [9.17, 15) is 13.2 Å². The zero-order valence-electron chi connectivity index (χ0n) is 14.8. The molecule has 0 radical (unpaired) electrons. The number of benzene rings is 1. The Bertz CT molecular complexity index is 688. The summed E-state index contributed by atoms with van der Waals surface area (Å²) >= 11 is 0. The van der Waals surface area contributed by atoms with Gasteiger partial charge in [0.25, 0.3) is 0 Å². The van der Waals surface area contributed by atoms with Gasteiger partial charge in [0.1, 0.15) is 0 Å². The lowest BCUT2D eigenvalue weighted by molar-refractivity contribution is -0.127. The molecule has 0 aliphatic heterocycles. The van der Waals surface area contributed by atoms with Crippen molar-refractivity contribution in [3.05, 3.63) is 29.8 Å². The van der Waals surface area contributed by atoms with E-state index in [1.165, 1.54) is 17.0 Å². The van der Waals surface area contributed by atoms with Crippen LogP contribution >= 0.6 is 24.0 Å². The predicted octanol–water partition coefficient (Wildman–Crippen LogP) is 0.484. The third-order valence-electron chi connectivity index (χ3n) is 3.00. The topological polar surface area (TPSA) is 117 Å². The summed E-state index contributed by atoms with van der Waals surface area (Å²) in [6.07, 6.45) is 0. The van der Waals surface area contributed by atoms with Crippen LogP contribution in [0.1, 0.15) is 19.4 Å². The molecule has 0 bridgehead atoms. The standard InChI is InChI=1S/C15H25N5O3S.HI/c1-11(2)19-15(18-10-14(21)20(3)4)17-9-12-5-7-13(8-6-12)24(16,22)23;/h5-8,11H,9-10H2,1-4H3,(H2,16,22,23)(H2,17,18,19);1H. The first-order valence-electron chi connectivity index (χ1n) is 7.46. The molecular weight excluding hydrogens is 457 g/mol. The SMILES string of the molecule is CC(C)NC(=NCc1ccc(S(N)(=O)=O)cc1)NCC(=O)N(C)C.I. The van der Waals surface area contributed by atoms with Gasteiger partial charge in [0, 0.05) is 20.1 Å².